The molecular weight excluding hydrogens is 462 g/mol. The smallest absolute Gasteiger partial charge is 0.342 e. The average molecular weight is 502 g/mol. The van der Waals surface area contributed by atoms with E-state index in [1.165, 1.54) is 6.26 Å². The summed E-state index contributed by atoms with van der Waals surface area (Å²) >= 11 is 0. The Morgan fingerprint density at radius 2 is 1.86 bits per heavy atom. The molecule has 0 aliphatic carbocycles. The van der Waals surface area contributed by atoms with Crippen LogP contribution in [0.5, 0.6) is 5.75 Å². The zero-order chi connectivity index (χ0) is 26.4. The second kappa shape index (κ2) is 12.5. The van der Waals surface area contributed by atoms with Crippen molar-refractivity contribution in [3.8, 4) is 5.75 Å². The number of cyclic esters (lactones) is 1. The van der Waals surface area contributed by atoms with Gasteiger partial charge in [0.05, 0.1) is 24.7 Å². The number of aliphatic hydroxyl groups is 3. The number of aromatic nitrogens is 1. The van der Waals surface area contributed by atoms with E-state index in [0.29, 0.717) is 36.8 Å². The maximum absolute atomic E-state index is 12.6. The van der Waals surface area contributed by atoms with Crippen LogP contribution in [0.15, 0.2) is 28.9 Å². The van der Waals surface area contributed by atoms with Gasteiger partial charge in [0.15, 0.2) is 5.89 Å². The molecule has 0 amide bonds. The molecule has 0 radical (unpaired) electrons. The Labute approximate surface area is 212 Å². The van der Waals surface area contributed by atoms with E-state index in [1.54, 1.807) is 19.1 Å². The zero-order valence-corrected chi connectivity index (χ0v) is 21.6. The second-order valence-corrected chi connectivity index (χ2v) is 9.99. The molecule has 0 saturated heterocycles. The molecule has 2 heterocycles. The summed E-state index contributed by atoms with van der Waals surface area (Å²) in [5.41, 5.74) is 2.19. The van der Waals surface area contributed by atoms with Crippen molar-refractivity contribution in [3.05, 3.63) is 52.7 Å². The van der Waals surface area contributed by atoms with Crippen LogP contribution in [0, 0.1) is 11.8 Å². The summed E-state index contributed by atoms with van der Waals surface area (Å²) < 4.78 is 10.9. The number of phenolic OH excluding ortho intramolecular Hbond substituents is 1. The fourth-order valence-electron chi connectivity index (χ4n) is 4.43. The minimum atomic E-state index is -0.881. The summed E-state index contributed by atoms with van der Waals surface area (Å²) in [4.78, 5) is 16.9. The molecule has 0 bridgehead atoms. The van der Waals surface area contributed by atoms with E-state index in [9.17, 15) is 25.2 Å². The van der Waals surface area contributed by atoms with Crippen LogP contribution in [0.1, 0.15) is 80.0 Å². The highest BCUT2D eigenvalue weighted by Gasteiger charge is 2.31. The van der Waals surface area contributed by atoms with Gasteiger partial charge in [-0.25, -0.2) is 9.78 Å². The van der Waals surface area contributed by atoms with Gasteiger partial charge < -0.3 is 29.6 Å². The molecule has 198 valence electrons. The molecule has 0 spiro atoms. The van der Waals surface area contributed by atoms with E-state index in [4.69, 9.17) is 9.15 Å². The van der Waals surface area contributed by atoms with Gasteiger partial charge in [-0.05, 0) is 36.0 Å². The minimum Gasteiger partial charge on any atom is -0.507 e. The van der Waals surface area contributed by atoms with Gasteiger partial charge >= 0.3 is 5.97 Å². The van der Waals surface area contributed by atoms with E-state index >= 15 is 0 Å². The third-order valence-electron chi connectivity index (χ3n) is 7.12. The van der Waals surface area contributed by atoms with Gasteiger partial charge in [-0.15, -0.1) is 0 Å². The maximum Gasteiger partial charge on any atom is 0.342 e. The van der Waals surface area contributed by atoms with Crippen molar-refractivity contribution in [2.45, 2.75) is 90.6 Å². The largest absolute Gasteiger partial charge is 0.507 e. The number of oxazole rings is 1. The molecule has 0 saturated carbocycles. The molecule has 1 aliphatic rings. The predicted octanol–water partition coefficient (Wildman–Crippen LogP) is 3.83. The number of phenols is 1. The Kier molecular flexibility index (Phi) is 9.70. The van der Waals surface area contributed by atoms with Crippen molar-refractivity contribution >= 4 is 12.0 Å². The Morgan fingerprint density at radius 3 is 2.56 bits per heavy atom. The van der Waals surface area contributed by atoms with Gasteiger partial charge in [0, 0.05) is 18.8 Å². The Hall–Kier alpha value is -2.68. The molecule has 36 heavy (non-hydrogen) atoms. The topological polar surface area (TPSA) is 133 Å². The number of aliphatic hydroxyl groups excluding tert-OH is 3. The number of hydrogen-bond acceptors (Lipinski definition) is 8. The Bertz CT molecular complexity index is 1050. The fourth-order valence-corrected chi connectivity index (χ4v) is 4.43. The normalized spacial score (nSPS) is 20.0. The van der Waals surface area contributed by atoms with Crippen LogP contribution in [0.2, 0.25) is 0 Å². The van der Waals surface area contributed by atoms with Gasteiger partial charge in [0.1, 0.15) is 29.4 Å². The lowest BCUT2D eigenvalue weighted by Crippen LogP contribution is -2.30. The molecule has 1 aliphatic heterocycles. The number of carbonyl (C=O) groups is 1. The third-order valence-corrected chi connectivity index (χ3v) is 7.12. The predicted molar refractivity (Wildman–Crippen MR) is 136 cm³/mol. The van der Waals surface area contributed by atoms with Gasteiger partial charge in [-0.3, -0.25) is 0 Å². The van der Waals surface area contributed by atoms with Crippen molar-refractivity contribution in [2.24, 2.45) is 11.8 Å². The summed E-state index contributed by atoms with van der Waals surface area (Å²) in [5, 5.41) is 41.3. The Morgan fingerprint density at radius 1 is 1.11 bits per heavy atom. The van der Waals surface area contributed by atoms with E-state index in [2.05, 4.69) is 18.8 Å². The zero-order valence-electron chi connectivity index (χ0n) is 21.6. The molecule has 0 fully saturated rings. The average Bonchev–Trinajstić information content (AvgIpc) is 3.30. The second-order valence-electron chi connectivity index (χ2n) is 9.99. The van der Waals surface area contributed by atoms with Crippen LogP contribution in [-0.4, -0.2) is 55.8 Å². The number of hydrogen-bond donors (Lipinski definition) is 4. The lowest BCUT2D eigenvalue weighted by Gasteiger charge is -2.27. The number of rotatable bonds is 12. The minimum absolute atomic E-state index is 0.00208. The number of benzene rings is 1. The van der Waals surface area contributed by atoms with Crippen molar-refractivity contribution < 1.29 is 34.4 Å². The van der Waals surface area contributed by atoms with Crippen LogP contribution in [0.3, 0.4) is 0 Å². The van der Waals surface area contributed by atoms with Crippen LogP contribution >= 0.6 is 0 Å². The molecule has 1 aromatic heterocycles. The summed E-state index contributed by atoms with van der Waals surface area (Å²) in [6.45, 7) is 7.83. The molecule has 6 atom stereocenters. The summed E-state index contributed by atoms with van der Waals surface area (Å²) in [6.07, 6.45) is 4.84. The van der Waals surface area contributed by atoms with Gasteiger partial charge in [0.2, 0.25) is 0 Å². The highest BCUT2D eigenvalue weighted by molar-refractivity contribution is 5.95. The number of nitrogens with zero attached hydrogens (tertiary/aromatic N) is 1. The highest BCUT2D eigenvalue weighted by Crippen LogP contribution is 2.34. The molecule has 8 heteroatoms. The van der Waals surface area contributed by atoms with Gasteiger partial charge in [0.25, 0.3) is 0 Å². The van der Waals surface area contributed by atoms with Crippen LogP contribution in [-0.2, 0) is 24.0 Å². The van der Waals surface area contributed by atoms with Gasteiger partial charge in [-0.2, -0.15) is 0 Å². The van der Waals surface area contributed by atoms with Crippen molar-refractivity contribution in [3.63, 3.8) is 0 Å². The van der Waals surface area contributed by atoms with E-state index in [1.807, 2.05) is 19.1 Å². The standard InChI is InChI=1S/C28H39NO7/c1-5-16(3)11-19-8-7-18-12-22(36-28(34)26(18)27(19)33)13-21(30)10-9-20-15-35-25(29-20)14-24(32)17(4)23(31)6-2/h7-10,15-17,21-24,30-33H,5-6,11-14H2,1-4H3/b10-9+/t16-,17+,21+,22+,23+,24-/m0/s1. The lowest BCUT2D eigenvalue weighted by molar-refractivity contribution is 0.0144. The van der Waals surface area contributed by atoms with Gasteiger partial charge in [-0.1, -0.05) is 52.3 Å². The van der Waals surface area contributed by atoms with Crippen molar-refractivity contribution in [1.82, 2.24) is 4.98 Å². The van der Waals surface area contributed by atoms with Crippen molar-refractivity contribution in [1.29, 1.82) is 0 Å². The first-order valence-corrected chi connectivity index (χ1v) is 12.8. The molecule has 4 N–H and O–H groups in total. The van der Waals surface area contributed by atoms with E-state index in [-0.39, 0.29) is 30.1 Å². The van der Waals surface area contributed by atoms with E-state index in [0.717, 1.165) is 17.5 Å². The number of fused-ring (bicyclic) bond motifs is 1. The molecule has 1 aromatic carbocycles. The highest BCUT2D eigenvalue weighted by atomic mass is 16.5. The quantitative estimate of drug-likeness (QED) is 0.323. The summed E-state index contributed by atoms with van der Waals surface area (Å²) in [7, 11) is 0. The van der Waals surface area contributed by atoms with Crippen LogP contribution in [0.4, 0.5) is 0 Å². The Balaban J connectivity index is 1.57. The molecule has 0 unspecified atom stereocenters. The number of carbonyl (C=O) groups excluding carboxylic acids is 1. The van der Waals surface area contributed by atoms with Crippen LogP contribution in [0.25, 0.3) is 6.08 Å². The molecule has 8 nitrogen and oxygen atoms in total. The van der Waals surface area contributed by atoms with Crippen molar-refractivity contribution in [2.75, 3.05) is 0 Å². The number of esters is 1. The summed E-state index contributed by atoms with van der Waals surface area (Å²) in [5.74, 6) is -0.131. The third kappa shape index (κ3) is 6.96. The number of ether oxygens (including phenoxy) is 1. The monoisotopic (exact) mass is 501 g/mol. The molecule has 2 aromatic rings. The SMILES string of the molecule is CC[C@H](C)Cc1ccc2c(c1O)C(=O)O[C@@H](C[C@H](O)/C=C/c1coc(C[C@H](O)[C@H](C)[C@H](O)CC)n1)C2. The first-order valence-electron chi connectivity index (χ1n) is 12.8. The number of aromatic hydroxyl groups is 1. The fraction of sp³-hybridized carbons (Fsp3) is 0.571. The van der Waals surface area contributed by atoms with E-state index < -0.39 is 30.4 Å². The maximum atomic E-state index is 12.6. The molecule has 3 rings (SSSR count). The van der Waals surface area contributed by atoms with Crippen LogP contribution < -0.4 is 0 Å². The first kappa shape index (κ1) is 27.9. The molecular formula is C28H39NO7. The summed E-state index contributed by atoms with van der Waals surface area (Å²) in [6, 6.07) is 3.74. The first-order chi connectivity index (χ1) is 17.1. The lowest BCUT2D eigenvalue weighted by atomic mass is 9.90.